The number of aliphatic hydroxyl groups excluding tert-OH is 1. The lowest BCUT2D eigenvalue weighted by molar-refractivity contribution is -0.163. The Kier molecular flexibility index (Phi) is 14.3. The molecule has 0 unspecified atom stereocenters. The van der Waals surface area contributed by atoms with E-state index in [0.29, 0.717) is 25.0 Å². The first kappa shape index (κ1) is 36.6. The van der Waals surface area contributed by atoms with E-state index in [4.69, 9.17) is 9.47 Å². The Morgan fingerprint density at radius 3 is 1.32 bits per heavy atom. The monoisotopic (exact) mass is 644 g/mol. The van der Waals surface area contributed by atoms with Crippen molar-refractivity contribution in [2.75, 3.05) is 13.2 Å². The third-order valence-corrected chi connectivity index (χ3v) is 10.5. The summed E-state index contributed by atoms with van der Waals surface area (Å²) in [6.07, 6.45) is 18.7. The minimum absolute atomic E-state index is 0.595. The molecule has 0 aromatic heterocycles. The summed E-state index contributed by atoms with van der Waals surface area (Å²) in [6, 6.07) is 14.9. The highest BCUT2D eigenvalue weighted by Gasteiger charge is 2.44. The molecule has 2 aliphatic rings. The van der Waals surface area contributed by atoms with E-state index in [9.17, 15) is 19.8 Å². The molecule has 47 heavy (non-hydrogen) atoms. The highest BCUT2D eigenvalue weighted by Crippen LogP contribution is 2.33. The van der Waals surface area contributed by atoms with Gasteiger partial charge in [0.15, 0.2) is 17.9 Å². The van der Waals surface area contributed by atoms with Crippen LogP contribution in [0.4, 0.5) is 0 Å². The number of allylic oxidation sites excluding steroid dienone is 2. The van der Waals surface area contributed by atoms with E-state index in [-0.39, 0.29) is 0 Å². The number of carbonyl (C=O) groups excluding carboxylic acids is 2. The van der Waals surface area contributed by atoms with Gasteiger partial charge in [0, 0.05) is 0 Å². The summed E-state index contributed by atoms with van der Waals surface area (Å²) in [5, 5.41) is 20.2. The second-order valence-electron chi connectivity index (χ2n) is 14.1. The minimum atomic E-state index is -2.16. The molecule has 0 amide bonds. The van der Waals surface area contributed by atoms with Gasteiger partial charge in [-0.2, -0.15) is 0 Å². The SMILES string of the molecule is CCCC1CCC(COc2ccc(/C=C/C(=O)C(C)(C(=O)/C=C/c3ccc(OCC4CCC(CCC)CC4)cc3)C(O)O)cc2)CC1. The number of benzene rings is 2. The third kappa shape index (κ3) is 10.9. The highest BCUT2D eigenvalue weighted by molar-refractivity contribution is 6.17. The van der Waals surface area contributed by atoms with Gasteiger partial charge in [0.05, 0.1) is 13.2 Å². The summed E-state index contributed by atoms with van der Waals surface area (Å²) < 4.78 is 12.1. The van der Waals surface area contributed by atoms with E-state index in [1.807, 2.05) is 48.5 Å². The van der Waals surface area contributed by atoms with E-state index in [2.05, 4.69) is 13.8 Å². The van der Waals surface area contributed by atoms with Crippen molar-refractivity contribution >= 4 is 23.7 Å². The maximum atomic E-state index is 13.1. The lowest BCUT2D eigenvalue weighted by atomic mass is 9.79. The number of ketones is 2. The quantitative estimate of drug-likeness (QED) is 0.102. The normalized spacial score (nSPS) is 23.2. The van der Waals surface area contributed by atoms with Crippen molar-refractivity contribution in [1.29, 1.82) is 0 Å². The molecule has 0 radical (unpaired) electrons. The van der Waals surface area contributed by atoms with E-state index >= 15 is 0 Å². The van der Waals surface area contributed by atoms with Crippen LogP contribution in [-0.4, -0.2) is 41.3 Å². The number of hydrogen-bond donors (Lipinski definition) is 2. The Labute approximate surface area is 282 Å². The molecule has 0 bridgehead atoms. The average molecular weight is 645 g/mol. The van der Waals surface area contributed by atoms with Gasteiger partial charge in [0.2, 0.25) is 0 Å². The minimum Gasteiger partial charge on any atom is -0.493 e. The van der Waals surface area contributed by atoms with Gasteiger partial charge in [-0.3, -0.25) is 9.59 Å². The van der Waals surface area contributed by atoms with Gasteiger partial charge in [0.25, 0.3) is 0 Å². The van der Waals surface area contributed by atoms with Crippen LogP contribution >= 0.6 is 0 Å². The summed E-state index contributed by atoms with van der Waals surface area (Å²) in [7, 11) is 0. The van der Waals surface area contributed by atoms with Crippen molar-refractivity contribution in [3.05, 3.63) is 71.8 Å². The molecule has 0 aliphatic heterocycles. The first-order chi connectivity index (χ1) is 22.7. The van der Waals surface area contributed by atoms with Crippen molar-refractivity contribution in [2.24, 2.45) is 29.1 Å². The number of rotatable bonds is 17. The van der Waals surface area contributed by atoms with Crippen LogP contribution in [0.3, 0.4) is 0 Å². The number of hydrogen-bond acceptors (Lipinski definition) is 6. The fourth-order valence-corrected chi connectivity index (χ4v) is 7.03. The van der Waals surface area contributed by atoms with Crippen molar-refractivity contribution in [3.8, 4) is 11.5 Å². The molecule has 0 saturated heterocycles. The molecule has 0 heterocycles. The number of aliphatic hydroxyl groups is 2. The molecule has 2 aliphatic carbocycles. The molecule has 0 spiro atoms. The molecule has 6 nitrogen and oxygen atoms in total. The summed E-state index contributed by atoms with van der Waals surface area (Å²) in [5.74, 6) is 3.13. The maximum Gasteiger partial charge on any atom is 0.174 e. The van der Waals surface area contributed by atoms with Crippen LogP contribution in [0.15, 0.2) is 60.7 Å². The van der Waals surface area contributed by atoms with Crippen molar-refractivity contribution in [1.82, 2.24) is 0 Å². The fourth-order valence-electron chi connectivity index (χ4n) is 7.03. The van der Waals surface area contributed by atoms with Gasteiger partial charge < -0.3 is 19.7 Å². The van der Waals surface area contributed by atoms with Crippen molar-refractivity contribution in [3.63, 3.8) is 0 Å². The molecule has 2 aromatic rings. The summed E-state index contributed by atoms with van der Waals surface area (Å²) >= 11 is 0. The zero-order valence-corrected chi connectivity index (χ0v) is 28.7. The molecule has 4 rings (SSSR count). The van der Waals surface area contributed by atoms with Crippen LogP contribution in [0.2, 0.25) is 0 Å². The lowest BCUT2D eigenvalue weighted by Gasteiger charge is -2.28. The van der Waals surface area contributed by atoms with Gasteiger partial charge in [-0.05, 0) is 104 Å². The second kappa shape index (κ2) is 18.4. The maximum absolute atomic E-state index is 13.1. The molecular weight excluding hydrogens is 588 g/mol. The molecule has 6 heteroatoms. The molecule has 0 atom stereocenters. The Morgan fingerprint density at radius 1 is 0.660 bits per heavy atom. The van der Waals surface area contributed by atoms with Gasteiger partial charge in [-0.25, -0.2) is 0 Å². The topological polar surface area (TPSA) is 93.1 Å². The molecule has 2 saturated carbocycles. The zero-order valence-electron chi connectivity index (χ0n) is 28.7. The van der Waals surface area contributed by atoms with Crippen LogP contribution in [0, 0.1) is 29.1 Å². The first-order valence-electron chi connectivity index (χ1n) is 18.0. The Morgan fingerprint density at radius 2 is 1.00 bits per heavy atom. The molecule has 256 valence electrons. The van der Waals surface area contributed by atoms with Gasteiger partial charge in [-0.1, -0.05) is 102 Å². The van der Waals surface area contributed by atoms with Gasteiger partial charge in [-0.15, -0.1) is 0 Å². The summed E-state index contributed by atoms with van der Waals surface area (Å²) in [5.41, 5.74) is -0.546. The lowest BCUT2D eigenvalue weighted by Crippen LogP contribution is -2.45. The fraction of sp³-hybridized carbons (Fsp3) is 0.561. The Balaban J connectivity index is 1.25. The van der Waals surface area contributed by atoms with Gasteiger partial charge >= 0.3 is 0 Å². The average Bonchev–Trinajstić information content (AvgIpc) is 3.09. The van der Waals surface area contributed by atoms with Crippen molar-refractivity contribution in [2.45, 2.75) is 104 Å². The van der Waals surface area contributed by atoms with E-state index in [1.54, 1.807) is 12.2 Å². The largest absolute Gasteiger partial charge is 0.493 e. The predicted octanol–water partition coefficient (Wildman–Crippen LogP) is 8.84. The smallest absolute Gasteiger partial charge is 0.174 e. The summed E-state index contributed by atoms with van der Waals surface area (Å²) in [6.45, 7) is 7.20. The Hall–Kier alpha value is -3.22. The highest BCUT2D eigenvalue weighted by atomic mass is 16.5. The molecule has 2 fully saturated rings. The van der Waals surface area contributed by atoms with Crippen LogP contribution in [0.5, 0.6) is 11.5 Å². The van der Waals surface area contributed by atoms with Crippen LogP contribution < -0.4 is 9.47 Å². The van der Waals surface area contributed by atoms with Crippen LogP contribution in [0.1, 0.15) is 109 Å². The van der Waals surface area contributed by atoms with E-state index < -0.39 is 23.3 Å². The van der Waals surface area contributed by atoms with E-state index in [1.165, 1.54) is 96.1 Å². The summed E-state index contributed by atoms with van der Waals surface area (Å²) in [4.78, 5) is 26.3. The zero-order chi connectivity index (χ0) is 33.6. The van der Waals surface area contributed by atoms with Crippen LogP contribution in [-0.2, 0) is 9.59 Å². The molecule has 2 aromatic carbocycles. The molecule has 2 N–H and O–H groups in total. The first-order valence-corrected chi connectivity index (χ1v) is 18.0. The molecular formula is C41H56O6. The third-order valence-electron chi connectivity index (χ3n) is 10.5. The van der Waals surface area contributed by atoms with Gasteiger partial charge in [0.1, 0.15) is 16.9 Å². The number of carbonyl (C=O) groups is 2. The standard InChI is InChI=1S/C41H56O6/c1-4-6-30-8-12-34(13-9-30)28-46-36-22-16-32(17-23-36)20-26-38(42)41(3,40(44)45)39(43)27-21-33-18-24-37(25-19-33)47-29-35-14-10-31(7-5-2)11-15-35/h16-27,30-31,34-35,40,44-45H,4-15,28-29H2,1-3H3/b26-20+,27-21+. The predicted molar refractivity (Wildman–Crippen MR) is 189 cm³/mol. The van der Waals surface area contributed by atoms with E-state index in [0.717, 1.165) is 34.5 Å². The van der Waals surface area contributed by atoms with Crippen LogP contribution in [0.25, 0.3) is 12.2 Å². The Bertz CT molecular complexity index is 1200. The number of ether oxygens (including phenoxy) is 2. The second-order valence-corrected chi connectivity index (χ2v) is 14.1. The van der Waals surface area contributed by atoms with Crippen molar-refractivity contribution < 1.29 is 29.3 Å².